The summed E-state index contributed by atoms with van der Waals surface area (Å²) in [6.07, 6.45) is 3.41. The number of amides is 1. The third-order valence-corrected chi connectivity index (χ3v) is 3.70. The summed E-state index contributed by atoms with van der Waals surface area (Å²) < 4.78 is 0. The highest BCUT2D eigenvalue weighted by molar-refractivity contribution is 7.15. The minimum atomic E-state index is -0.832. The second kappa shape index (κ2) is 6.75. The number of carbonyl (C=O) groups excluding carboxylic acids is 1. The summed E-state index contributed by atoms with van der Waals surface area (Å²) in [5, 5.41) is 12.4. The Balaban J connectivity index is 1.98. The predicted molar refractivity (Wildman–Crippen MR) is 75.7 cm³/mol. The molecule has 0 radical (unpaired) electrons. The van der Waals surface area contributed by atoms with Crippen LogP contribution in [0.15, 0.2) is 24.5 Å². The maximum Gasteiger partial charge on any atom is 0.294 e. The van der Waals surface area contributed by atoms with Crippen LogP contribution in [0.2, 0.25) is 0 Å². The van der Waals surface area contributed by atoms with Gasteiger partial charge in [0.25, 0.3) is 11.0 Å². The van der Waals surface area contributed by atoms with Crippen molar-refractivity contribution in [2.75, 3.05) is 11.9 Å². The van der Waals surface area contributed by atoms with Crippen molar-refractivity contribution in [1.82, 2.24) is 9.97 Å². The Morgan fingerprint density at radius 3 is 3.05 bits per heavy atom. The molecule has 0 saturated carbocycles. The highest BCUT2D eigenvalue weighted by Crippen LogP contribution is 2.23. The van der Waals surface area contributed by atoms with E-state index in [4.69, 9.17) is 0 Å². The molecule has 0 aliphatic rings. The van der Waals surface area contributed by atoms with Gasteiger partial charge in [-0.25, -0.2) is 4.98 Å². The second-order valence-corrected chi connectivity index (χ2v) is 5.11. The Morgan fingerprint density at radius 2 is 2.38 bits per heavy atom. The Bertz CT molecular complexity index is 644. The lowest BCUT2D eigenvalue weighted by Gasteiger charge is -2.00. The SMILES string of the molecule is Cc1nc(NC(=O)c2cccnc2)sc1CCO[N+](=O)[O-]. The maximum atomic E-state index is 11.9. The molecule has 0 atom stereocenters. The van der Waals surface area contributed by atoms with Crippen molar-refractivity contribution in [1.29, 1.82) is 0 Å². The van der Waals surface area contributed by atoms with Crippen LogP contribution in [0.1, 0.15) is 20.9 Å². The van der Waals surface area contributed by atoms with Crippen molar-refractivity contribution in [3.8, 4) is 0 Å². The Morgan fingerprint density at radius 1 is 1.57 bits per heavy atom. The van der Waals surface area contributed by atoms with E-state index in [9.17, 15) is 14.9 Å². The molecule has 0 aliphatic heterocycles. The fourth-order valence-electron chi connectivity index (χ4n) is 1.59. The zero-order valence-corrected chi connectivity index (χ0v) is 11.9. The van der Waals surface area contributed by atoms with Gasteiger partial charge in [0, 0.05) is 23.7 Å². The number of pyridine rings is 1. The number of hydrogen-bond donors (Lipinski definition) is 1. The third-order valence-electron chi connectivity index (χ3n) is 2.56. The van der Waals surface area contributed by atoms with Gasteiger partial charge in [0.05, 0.1) is 11.3 Å². The fraction of sp³-hybridized carbons (Fsp3) is 0.250. The normalized spacial score (nSPS) is 10.1. The van der Waals surface area contributed by atoms with Crippen LogP contribution in [-0.2, 0) is 11.3 Å². The zero-order valence-electron chi connectivity index (χ0n) is 11.1. The lowest BCUT2D eigenvalue weighted by atomic mass is 10.3. The Kier molecular flexibility index (Phi) is 4.77. The molecule has 1 amide bonds. The summed E-state index contributed by atoms with van der Waals surface area (Å²) in [7, 11) is 0. The molecule has 0 bridgehead atoms. The molecule has 0 aromatic carbocycles. The lowest BCUT2D eigenvalue weighted by Crippen LogP contribution is -2.11. The smallest absolute Gasteiger partial charge is 0.294 e. The van der Waals surface area contributed by atoms with Crippen LogP contribution in [0.5, 0.6) is 0 Å². The van der Waals surface area contributed by atoms with Gasteiger partial charge in [0.1, 0.15) is 6.61 Å². The van der Waals surface area contributed by atoms with Crippen LogP contribution in [-0.4, -0.2) is 27.6 Å². The Hall–Kier alpha value is -2.55. The summed E-state index contributed by atoms with van der Waals surface area (Å²) in [4.78, 5) is 35.2. The Labute approximate surface area is 123 Å². The summed E-state index contributed by atoms with van der Waals surface area (Å²) in [6.45, 7) is 1.74. The molecule has 110 valence electrons. The standard InChI is InChI=1S/C12H12N4O4S/c1-8-10(4-6-20-16(18)19)21-12(14-8)15-11(17)9-3-2-5-13-7-9/h2-3,5,7H,4,6H2,1H3,(H,14,15,17). The van der Waals surface area contributed by atoms with Crippen molar-refractivity contribution in [3.63, 3.8) is 0 Å². The van der Waals surface area contributed by atoms with Gasteiger partial charge < -0.3 is 4.84 Å². The van der Waals surface area contributed by atoms with E-state index in [-0.39, 0.29) is 12.5 Å². The number of nitrogens with one attached hydrogen (secondary N) is 1. The summed E-state index contributed by atoms with van der Waals surface area (Å²) in [6, 6.07) is 3.32. The average Bonchev–Trinajstić information content (AvgIpc) is 2.79. The maximum absolute atomic E-state index is 11.9. The van der Waals surface area contributed by atoms with E-state index in [0.29, 0.717) is 22.8 Å². The van der Waals surface area contributed by atoms with E-state index in [2.05, 4.69) is 20.1 Å². The lowest BCUT2D eigenvalue weighted by molar-refractivity contribution is -0.757. The monoisotopic (exact) mass is 308 g/mol. The first kappa shape index (κ1) is 14.9. The van der Waals surface area contributed by atoms with Crippen LogP contribution in [0.4, 0.5) is 5.13 Å². The molecule has 2 heterocycles. The van der Waals surface area contributed by atoms with E-state index in [1.54, 1.807) is 25.3 Å². The van der Waals surface area contributed by atoms with Crippen molar-refractivity contribution < 1.29 is 14.7 Å². The van der Waals surface area contributed by atoms with Gasteiger partial charge in [-0.3, -0.25) is 15.1 Å². The number of anilines is 1. The van der Waals surface area contributed by atoms with Crippen LogP contribution in [0.25, 0.3) is 0 Å². The van der Waals surface area contributed by atoms with Gasteiger partial charge in [0.2, 0.25) is 0 Å². The summed E-state index contributed by atoms with van der Waals surface area (Å²) >= 11 is 1.27. The molecule has 2 aromatic heterocycles. The quantitative estimate of drug-likeness (QED) is 0.644. The predicted octanol–water partition coefficient (Wildman–Crippen LogP) is 1.85. The molecule has 8 nitrogen and oxygen atoms in total. The molecule has 1 N–H and O–H groups in total. The van der Waals surface area contributed by atoms with E-state index in [0.717, 1.165) is 4.88 Å². The van der Waals surface area contributed by atoms with Gasteiger partial charge in [0.15, 0.2) is 5.13 Å². The van der Waals surface area contributed by atoms with Gasteiger partial charge in [-0.2, -0.15) is 0 Å². The third kappa shape index (κ3) is 4.21. The summed E-state index contributed by atoms with van der Waals surface area (Å²) in [5.74, 6) is -0.301. The molecule has 2 aromatic rings. The minimum Gasteiger partial charge on any atom is -0.314 e. The van der Waals surface area contributed by atoms with E-state index >= 15 is 0 Å². The molecule has 0 aliphatic carbocycles. The fourth-order valence-corrected chi connectivity index (χ4v) is 2.53. The molecule has 2 rings (SSSR count). The molecule has 0 fully saturated rings. The van der Waals surface area contributed by atoms with Gasteiger partial charge in [-0.15, -0.1) is 21.5 Å². The van der Waals surface area contributed by atoms with Crippen LogP contribution >= 0.6 is 11.3 Å². The zero-order chi connectivity index (χ0) is 15.2. The molecule has 0 unspecified atom stereocenters. The second-order valence-electron chi connectivity index (χ2n) is 4.03. The number of thiazole rings is 1. The van der Waals surface area contributed by atoms with Crippen molar-refractivity contribution in [2.45, 2.75) is 13.3 Å². The number of aryl methyl sites for hydroxylation is 1. The topological polar surface area (TPSA) is 107 Å². The molecule has 0 spiro atoms. The first-order valence-electron chi connectivity index (χ1n) is 6.01. The van der Waals surface area contributed by atoms with E-state index in [1.807, 2.05) is 0 Å². The van der Waals surface area contributed by atoms with Crippen LogP contribution < -0.4 is 5.32 Å². The number of aromatic nitrogens is 2. The van der Waals surface area contributed by atoms with Crippen LogP contribution in [0.3, 0.4) is 0 Å². The van der Waals surface area contributed by atoms with Crippen molar-refractivity contribution in [3.05, 3.63) is 50.8 Å². The number of carbonyl (C=O) groups is 1. The van der Waals surface area contributed by atoms with Crippen molar-refractivity contribution in [2.24, 2.45) is 0 Å². The first-order chi connectivity index (χ1) is 10.1. The van der Waals surface area contributed by atoms with Gasteiger partial charge >= 0.3 is 0 Å². The molecule has 0 saturated heterocycles. The van der Waals surface area contributed by atoms with Gasteiger partial charge in [-0.05, 0) is 19.1 Å². The molecule has 9 heteroatoms. The van der Waals surface area contributed by atoms with Gasteiger partial charge in [-0.1, -0.05) is 0 Å². The van der Waals surface area contributed by atoms with E-state index < -0.39 is 5.09 Å². The summed E-state index contributed by atoms with van der Waals surface area (Å²) in [5.41, 5.74) is 1.15. The average molecular weight is 308 g/mol. The number of nitrogens with zero attached hydrogens (tertiary/aromatic N) is 3. The minimum absolute atomic E-state index is 0.0357. The van der Waals surface area contributed by atoms with Crippen molar-refractivity contribution >= 4 is 22.4 Å². The highest BCUT2D eigenvalue weighted by Gasteiger charge is 2.12. The van der Waals surface area contributed by atoms with E-state index in [1.165, 1.54) is 17.5 Å². The molecular weight excluding hydrogens is 296 g/mol. The molecule has 21 heavy (non-hydrogen) atoms. The largest absolute Gasteiger partial charge is 0.314 e. The first-order valence-corrected chi connectivity index (χ1v) is 6.83. The number of hydrogen-bond acceptors (Lipinski definition) is 7. The van der Waals surface area contributed by atoms with Crippen LogP contribution in [0, 0.1) is 17.0 Å². The number of rotatable bonds is 6. The molecular formula is C12H12N4O4S. The highest BCUT2D eigenvalue weighted by atomic mass is 32.1.